The Morgan fingerprint density at radius 3 is 2.44 bits per heavy atom. The highest BCUT2D eigenvalue weighted by Gasteiger charge is 2.59. The molecule has 52 heavy (non-hydrogen) atoms. The standard InChI is InChI=1S/C43H74N3O5P/c1-29(2)13-11-14-32(7)37-17-18-38-36-16-15-34-27-35(21-23-42(34,9)39(36)22-24-43(37,38)10)51-41(48)20-19-40(47)45-33(8)28-50-52(49-26-12-25-44)46(30(3)4)31(5)6/h15,29-33,35-39H,11-14,16-24,26-28H2,1-10H3,(H,45,47)/t32-,33?,35+,36?,37-,38?,39?,42+,43-,52?/m1/s1/i8D. The average Bonchev–Trinajstić information content (AvgIpc) is 3.46. The summed E-state index contributed by atoms with van der Waals surface area (Å²) in [6.07, 6.45) is 16.2. The summed E-state index contributed by atoms with van der Waals surface area (Å²) in [6.45, 7) is 21.0. The second-order valence-electron chi connectivity index (χ2n) is 18.3. The van der Waals surface area contributed by atoms with Crippen LogP contribution in [-0.2, 0) is 23.4 Å². The van der Waals surface area contributed by atoms with Gasteiger partial charge in [0.1, 0.15) is 6.10 Å². The van der Waals surface area contributed by atoms with Gasteiger partial charge in [-0.05, 0) is 126 Å². The van der Waals surface area contributed by atoms with Gasteiger partial charge in [-0.1, -0.05) is 65.5 Å². The van der Waals surface area contributed by atoms with Crippen molar-refractivity contribution in [2.45, 2.75) is 183 Å². The second-order valence-corrected chi connectivity index (χ2v) is 19.7. The maximum atomic E-state index is 13.0. The van der Waals surface area contributed by atoms with E-state index in [1.807, 2.05) is 0 Å². The number of carbonyl (C=O) groups excluding carboxylic acids is 2. The molecule has 296 valence electrons. The van der Waals surface area contributed by atoms with Crippen LogP contribution in [0.25, 0.3) is 0 Å². The molecule has 0 bridgehead atoms. The zero-order chi connectivity index (χ0) is 38.9. The van der Waals surface area contributed by atoms with E-state index in [2.05, 4.69) is 84.4 Å². The molecular formula is C43H74N3O5P. The maximum absolute atomic E-state index is 13.0. The molecule has 8 nitrogen and oxygen atoms in total. The van der Waals surface area contributed by atoms with Crippen molar-refractivity contribution >= 4 is 20.4 Å². The van der Waals surface area contributed by atoms with Crippen molar-refractivity contribution in [2.75, 3.05) is 13.2 Å². The zero-order valence-corrected chi connectivity index (χ0v) is 35.1. The maximum Gasteiger partial charge on any atom is 0.306 e. The normalized spacial score (nSPS) is 32.0. The Morgan fingerprint density at radius 1 is 1.02 bits per heavy atom. The summed E-state index contributed by atoms with van der Waals surface area (Å²) in [7, 11) is -1.46. The molecule has 3 fully saturated rings. The number of hydrogen-bond acceptors (Lipinski definition) is 7. The molecule has 0 aliphatic heterocycles. The Morgan fingerprint density at radius 2 is 1.77 bits per heavy atom. The largest absolute Gasteiger partial charge is 0.462 e. The molecule has 5 unspecified atom stereocenters. The molecule has 0 heterocycles. The molecule has 4 aliphatic rings. The van der Waals surface area contributed by atoms with Crippen LogP contribution in [0.3, 0.4) is 0 Å². The molecule has 0 aromatic rings. The quantitative estimate of drug-likeness (QED) is 0.0608. The van der Waals surface area contributed by atoms with Gasteiger partial charge < -0.3 is 19.1 Å². The minimum atomic E-state index is -1.46. The van der Waals surface area contributed by atoms with E-state index in [9.17, 15) is 9.59 Å². The van der Waals surface area contributed by atoms with Crippen LogP contribution in [0.15, 0.2) is 11.6 Å². The van der Waals surface area contributed by atoms with Crippen LogP contribution in [0.4, 0.5) is 0 Å². The molecule has 4 rings (SSSR count). The molecule has 10 atom stereocenters. The third kappa shape index (κ3) is 10.6. The first-order chi connectivity index (χ1) is 25.1. The summed E-state index contributed by atoms with van der Waals surface area (Å²) in [5.41, 5.74) is 2.18. The van der Waals surface area contributed by atoms with Crippen molar-refractivity contribution in [1.29, 1.82) is 5.26 Å². The number of fused-ring (bicyclic) bond motifs is 5. The number of carbonyl (C=O) groups is 2. The highest BCUT2D eigenvalue weighted by Crippen LogP contribution is 2.67. The molecule has 0 saturated heterocycles. The topological polar surface area (TPSA) is 101 Å². The number of ether oxygens (including phenoxy) is 1. The van der Waals surface area contributed by atoms with Crippen molar-refractivity contribution < 1.29 is 24.7 Å². The third-order valence-corrected chi connectivity index (χ3v) is 15.6. The number of rotatable bonds is 19. The minimum Gasteiger partial charge on any atom is -0.462 e. The number of nitrogens with one attached hydrogen (secondary N) is 1. The van der Waals surface area contributed by atoms with Crippen LogP contribution in [0.5, 0.6) is 0 Å². The molecule has 0 radical (unpaired) electrons. The summed E-state index contributed by atoms with van der Waals surface area (Å²) in [5.74, 6) is 4.20. The number of amides is 1. The number of nitrogens with zero attached hydrogens (tertiary/aromatic N) is 2. The van der Waals surface area contributed by atoms with Crippen molar-refractivity contribution in [3.05, 3.63) is 11.6 Å². The highest BCUT2D eigenvalue weighted by atomic mass is 31.2. The summed E-state index contributed by atoms with van der Waals surface area (Å²) < 4.78 is 28.2. The van der Waals surface area contributed by atoms with E-state index in [4.69, 9.17) is 20.4 Å². The third-order valence-electron chi connectivity index (χ3n) is 13.5. The predicted molar refractivity (Wildman–Crippen MR) is 211 cm³/mol. The lowest BCUT2D eigenvalue weighted by Crippen LogP contribution is -2.51. The lowest BCUT2D eigenvalue weighted by molar-refractivity contribution is -0.152. The molecule has 1 amide bonds. The van der Waals surface area contributed by atoms with Crippen molar-refractivity contribution in [3.63, 3.8) is 0 Å². The van der Waals surface area contributed by atoms with E-state index < -0.39 is 14.6 Å². The van der Waals surface area contributed by atoms with E-state index in [1.54, 1.807) is 0 Å². The Hall–Kier alpha value is -1.52. The number of nitriles is 1. The van der Waals surface area contributed by atoms with Crippen LogP contribution in [0, 0.1) is 57.7 Å². The van der Waals surface area contributed by atoms with Gasteiger partial charge in [0, 0.05) is 32.3 Å². The zero-order valence-electron chi connectivity index (χ0n) is 35.3. The molecule has 3 saturated carbocycles. The summed E-state index contributed by atoms with van der Waals surface area (Å²) in [5, 5.41) is 11.8. The molecule has 0 aromatic carbocycles. The van der Waals surface area contributed by atoms with E-state index in [0.717, 1.165) is 54.8 Å². The number of esters is 1. The van der Waals surface area contributed by atoms with Gasteiger partial charge in [0.2, 0.25) is 5.91 Å². The lowest BCUT2D eigenvalue weighted by atomic mass is 9.47. The predicted octanol–water partition coefficient (Wildman–Crippen LogP) is 10.5. The van der Waals surface area contributed by atoms with Crippen LogP contribution in [0.2, 0.25) is 0 Å². The van der Waals surface area contributed by atoms with Gasteiger partial charge in [0.25, 0.3) is 8.53 Å². The first-order valence-corrected chi connectivity index (χ1v) is 22.0. The highest BCUT2D eigenvalue weighted by molar-refractivity contribution is 7.44. The van der Waals surface area contributed by atoms with Gasteiger partial charge in [0.05, 0.1) is 32.1 Å². The first-order valence-electron chi connectivity index (χ1n) is 21.5. The molecule has 9 heteroatoms. The number of hydrogen-bond donors (Lipinski definition) is 1. The van der Waals surface area contributed by atoms with E-state index in [-0.39, 0.29) is 74.9 Å². The fraction of sp³-hybridized carbons (Fsp3) is 0.884. The monoisotopic (exact) mass is 745 g/mol. The van der Waals surface area contributed by atoms with Crippen LogP contribution < -0.4 is 5.32 Å². The van der Waals surface area contributed by atoms with Gasteiger partial charge in [-0.3, -0.25) is 9.59 Å². The van der Waals surface area contributed by atoms with Crippen LogP contribution in [-0.4, -0.2) is 54.0 Å². The van der Waals surface area contributed by atoms with Crippen molar-refractivity contribution in [1.82, 2.24) is 9.99 Å². The van der Waals surface area contributed by atoms with E-state index in [0.29, 0.717) is 5.41 Å². The van der Waals surface area contributed by atoms with Gasteiger partial charge in [-0.25, -0.2) is 4.67 Å². The second kappa shape index (κ2) is 19.4. The van der Waals surface area contributed by atoms with Gasteiger partial charge in [-0.15, -0.1) is 0 Å². The SMILES string of the molecule is [2H]CC(COP(OCCC#N)N(C(C)C)C(C)C)NC(=O)CCC(=O)O[C@H]1CC[C@@]2(C)C(=CCC3C2CC[C@@]2(C)C3CC[C@@H]2[C@H](C)CCCC(C)C)C1. The first kappa shape index (κ1) is 41.6. The smallest absolute Gasteiger partial charge is 0.306 e. The molecule has 1 N–H and O–H groups in total. The van der Waals surface area contributed by atoms with Crippen LogP contribution in [0.1, 0.15) is 160 Å². The molecule has 4 aliphatic carbocycles. The molecule has 0 spiro atoms. The number of allylic oxidation sites excluding steroid dienone is 1. The van der Waals surface area contributed by atoms with Crippen molar-refractivity contribution in [3.8, 4) is 6.07 Å². The average molecular weight is 745 g/mol. The van der Waals surface area contributed by atoms with E-state index >= 15 is 0 Å². The summed E-state index contributed by atoms with van der Waals surface area (Å²) in [4.78, 5) is 25.9. The fourth-order valence-electron chi connectivity index (χ4n) is 11.0. The molecule has 0 aromatic heterocycles. The molecular weight excluding hydrogens is 669 g/mol. The minimum absolute atomic E-state index is 0.0151. The Kier molecular flexibility index (Phi) is 15.5. The van der Waals surface area contributed by atoms with Crippen molar-refractivity contribution in [2.24, 2.45) is 46.3 Å². The fourth-order valence-corrected chi connectivity index (χ4v) is 12.7. The Bertz CT molecular complexity index is 1260. The Labute approximate surface area is 320 Å². The van der Waals surface area contributed by atoms with Gasteiger partial charge >= 0.3 is 5.97 Å². The van der Waals surface area contributed by atoms with Gasteiger partial charge in [0.15, 0.2) is 0 Å². The lowest BCUT2D eigenvalue weighted by Gasteiger charge is -2.58. The van der Waals surface area contributed by atoms with Gasteiger partial charge in [-0.2, -0.15) is 5.26 Å². The van der Waals surface area contributed by atoms with Crippen LogP contribution >= 0.6 is 8.53 Å². The summed E-state index contributed by atoms with van der Waals surface area (Å²) in [6, 6.07) is 1.88. The summed E-state index contributed by atoms with van der Waals surface area (Å²) >= 11 is 0. The Balaban J connectivity index is 1.25. The van der Waals surface area contributed by atoms with E-state index in [1.165, 1.54) is 56.9 Å².